The predicted octanol–water partition coefficient (Wildman–Crippen LogP) is 4.23. The molecule has 1 saturated heterocycles. The van der Waals surface area contributed by atoms with Crippen LogP contribution in [0.15, 0.2) is 24.4 Å². The summed E-state index contributed by atoms with van der Waals surface area (Å²) in [5, 5.41) is 0.800. The van der Waals surface area contributed by atoms with Crippen molar-refractivity contribution in [1.29, 1.82) is 0 Å². The molecule has 0 atom stereocenters. The van der Waals surface area contributed by atoms with Crippen LogP contribution in [0.5, 0.6) is 0 Å². The van der Waals surface area contributed by atoms with Crippen LogP contribution in [0.3, 0.4) is 0 Å². The normalized spacial score (nSPS) is 16.3. The summed E-state index contributed by atoms with van der Waals surface area (Å²) in [7, 11) is 0. The Kier molecular flexibility index (Phi) is 4.49. The van der Waals surface area contributed by atoms with E-state index >= 15 is 0 Å². The molecule has 1 aliphatic rings. The third kappa shape index (κ3) is 3.53. The first-order valence-electron chi connectivity index (χ1n) is 8.22. The minimum absolute atomic E-state index is 0.0755. The van der Waals surface area contributed by atoms with Crippen molar-refractivity contribution >= 4 is 22.7 Å². The fourth-order valence-electron chi connectivity index (χ4n) is 3.01. The van der Waals surface area contributed by atoms with Crippen molar-refractivity contribution in [3.8, 4) is 0 Å². The first kappa shape index (κ1) is 16.8. The van der Waals surface area contributed by atoms with E-state index in [1.807, 2.05) is 26.8 Å². The van der Waals surface area contributed by atoms with E-state index in [4.69, 9.17) is 9.47 Å². The van der Waals surface area contributed by atoms with Gasteiger partial charge in [-0.15, -0.1) is 0 Å². The van der Waals surface area contributed by atoms with Crippen LogP contribution in [-0.2, 0) is 9.47 Å². The van der Waals surface area contributed by atoms with Crippen molar-refractivity contribution in [1.82, 2.24) is 4.98 Å². The van der Waals surface area contributed by atoms with Gasteiger partial charge in [0.25, 0.3) is 0 Å². The van der Waals surface area contributed by atoms with Gasteiger partial charge in [-0.05, 0) is 51.8 Å². The Labute approximate surface area is 140 Å². The Morgan fingerprint density at radius 2 is 2.04 bits per heavy atom. The Morgan fingerprint density at radius 3 is 2.71 bits per heavy atom. The highest BCUT2D eigenvalue weighted by molar-refractivity contribution is 6.01. The number of aromatic nitrogens is 1. The number of nitrogens with zero attached hydrogens (tertiary/aromatic N) is 1. The first-order valence-corrected chi connectivity index (χ1v) is 8.22. The molecule has 0 aliphatic carbocycles. The van der Waals surface area contributed by atoms with Crippen LogP contribution in [0.1, 0.15) is 33.6 Å². The Hall–Kier alpha value is -2.08. The van der Waals surface area contributed by atoms with Gasteiger partial charge in [-0.2, -0.15) is 0 Å². The summed E-state index contributed by atoms with van der Waals surface area (Å²) in [6.07, 6.45) is 2.68. The SMILES string of the molecule is CC(C)(C)OC(=O)N(c1cc(F)cc2[nH]ccc12)C1CCOCC1. The van der Waals surface area contributed by atoms with Crippen LogP contribution >= 0.6 is 0 Å². The molecule has 2 heterocycles. The number of carbonyl (C=O) groups is 1. The number of benzene rings is 1. The number of anilines is 1. The molecule has 3 rings (SSSR count). The minimum atomic E-state index is -0.620. The molecule has 1 aliphatic heterocycles. The lowest BCUT2D eigenvalue weighted by molar-refractivity contribution is 0.0487. The van der Waals surface area contributed by atoms with Gasteiger partial charge in [0.1, 0.15) is 11.4 Å². The number of carbonyl (C=O) groups excluding carboxylic acids is 1. The number of amides is 1. The van der Waals surface area contributed by atoms with E-state index in [1.54, 1.807) is 11.1 Å². The zero-order chi connectivity index (χ0) is 17.3. The molecule has 5 nitrogen and oxygen atoms in total. The van der Waals surface area contributed by atoms with Gasteiger partial charge >= 0.3 is 6.09 Å². The molecule has 2 aromatic rings. The summed E-state index contributed by atoms with van der Waals surface area (Å²) in [5.74, 6) is -0.388. The number of hydrogen-bond donors (Lipinski definition) is 1. The second-order valence-corrected chi connectivity index (χ2v) is 7.06. The summed E-state index contributed by atoms with van der Waals surface area (Å²) in [4.78, 5) is 17.5. The van der Waals surface area contributed by atoms with Crippen molar-refractivity contribution < 1.29 is 18.7 Å². The van der Waals surface area contributed by atoms with E-state index in [1.165, 1.54) is 12.1 Å². The van der Waals surface area contributed by atoms with Crippen molar-refractivity contribution in [2.75, 3.05) is 18.1 Å². The summed E-state index contributed by atoms with van der Waals surface area (Å²) in [6.45, 7) is 6.63. The van der Waals surface area contributed by atoms with Gasteiger partial charge < -0.3 is 14.5 Å². The molecule has 0 saturated carbocycles. The number of fused-ring (bicyclic) bond motifs is 1. The molecule has 1 amide bonds. The van der Waals surface area contributed by atoms with E-state index in [0.717, 1.165) is 5.39 Å². The molecule has 0 radical (unpaired) electrons. The third-order valence-electron chi connectivity index (χ3n) is 4.02. The quantitative estimate of drug-likeness (QED) is 0.894. The number of halogens is 1. The smallest absolute Gasteiger partial charge is 0.415 e. The molecular weight excluding hydrogens is 311 g/mol. The average Bonchev–Trinajstić information content (AvgIpc) is 2.94. The first-order chi connectivity index (χ1) is 11.3. The fourth-order valence-corrected chi connectivity index (χ4v) is 3.01. The van der Waals surface area contributed by atoms with Crippen LogP contribution in [0.25, 0.3) is 10.9 Å². The highest BCUT2D eigenvalue weighted by atomic mass is 19.1. The summed E-state index contributed by atoms with van der Waals surface area (Å²) in [5.41, 5.74) is 0.573. The maximum Gasteiger partial charge on any atom is 0.415 e. The van der Waals surface area contributed by atoms with Crippen molar-refractivity contribution in [2.45, 2.75) is 45.3 Å². The average molecular weight is 334 g/mol. The van der Waals surface area contributed by atoms with Gasteiger partial charge in [0.15, 0.2) is 0 Å². The zero-order valence-corrected chi connectivity index (χ0v) is 14.3. The van der Waals surface area contributed by atoms with Crippen LogP contribution in [-0.4, -0.2) is 35.9 Å². The summed E-state index contributed by atoms with van der Waals surface area (Å²) >= 11 is 0. The second-order valence-electron chi connectivity index (χ2n) is 7.06. The van der Waals surface area contributed by atoms with Gasteiger partial charge in [0, 0.05) is 30.8 Å². The predicted molar refractivity (Wildman–Crippen MR) is 90.8 cm³/mol. The lowest BCUT2D eigenvalue weighted by Crippen LogP contribution is -2.46. The standard InChI is InChI=1S/C18H23FN2O3/c1-18(2,3)24-17(22)21(13-5-8-23-9-6-13)16-11-12(19)10-15-14(16)4-7-20-15/h4,7,10-11,13,20H,5-6,8-9H2,1-3H3. The maximum absolute atomic E-state index is 14.1. The molecule has 24 heavy (non-hydrogen) atoms. The van der Waals surface area contributed by atoms with E-state index < -0.39 is 11.7 Å². The lowest BCUT2D eigenvalue weighted by atomic mass is 10.1. The van der Waals surface area contributed by atoms with Gasteiger partial charge in [0.05, 0.1) is 11.2 Å². The van der Waals surface area contributed by atoms with Crippen LogP contribution in [0, 0.1) is 5.82 Å². The van der Waals surface area contributed by atoms with Gasteiger partial charge in [-0.25, -0.2) is 9.18 Å². The van der Waals surface area contributed by atoms with Gasteiger partial charge in [-0.1, -0.05) is 0 Å². The maximum atomic E-state index is 14.1. The van der Waals surface area contributed by atoms with Crippen molar-refractivity contribution in [3.63, 3.8) is 0 Å². The Bertz CT molecular complexity index is 729. The highest BCUT2D eigenvalue weighted by Gasteiger charge is 2.32. The Morgan fingerprint density at radius 1 is 1.33 bits per heavy atom. The zero-order valence-electron chi connectivity index (χ0n) is 14.3. The number of H-pyrrole nitrogens is 1. The molecule has 1 N–H and O–H groups in total. The molecule has 0 unspecified atom stereocenters. The van der Waals surface area contributed by atoms with Crippen LogP contribution < -0.4 is 4.90 Å². The Balaban J connectivity index is 2.05. The van der Waals surface area contributed by atoms with E-state index in [2.05, 4.69) is 4.98 Å². The largest absolute Gasteiger partial charge is 0.443 e. The van der Waals surface area contributed by atoms with Crippen molar-refractivity contribution in [3.05, 3.63) is 30.2 Å². The highest BCUT2D eigenvalue weighted by Crippen LogP contribution is 2.32. The molecule has 1 aromatic carbocycles. The monoisotopic (exact) mass is 334 g/mol. The molecule has 130 valence electrons. The molecule has 0 bridgehead atoms. The van der Waals surface area contributed by atoms with E-state index in [-0.39, 0.29) is 11.9 Å². The second kappa shape index (κ2) is 6.43. The van der Waals surface area contributed by atoms with Crippen LogP contribution in [0.2, 0.25) is 0 Å². The number of hydrogen-bond acceptors (Lipinski definition) is 3. The molecule has 1 fully saturated rings. The van der Waals surface area contributed by atoms with Crippen LogP contribution in [0.4, 0.5) is 14.9 Å². The topological polar surface area (TPSA) is 54.6 Å². The van der Waals surface area contributed by atoms with Gasteiger partial charge in [-0.3, -0.25) is 4.90 Å². The summed E-state index contributed by atoms with van der Waals surface area (Å²) < 4.78 is 25.1. The summed E-state index contributed by atoms with van der Waals surface area (Å²) in [6, 6.07) is 4.60. The third-order valence-corrected chi connectivity index (χ3v) is 4.02. The van der Waals surface area contributed by atoms with Crippen molar-refractivity contribution in [2.24, 2.45) is 0 Å². The van der Waals surface area contributed by atoms with E-state index in [9.17, 15) is 9.18 Å². The number of ether oxygens (including phenoxy) is 2. The number of nitrogens with one attached hydrogen (secondary N) is 1. The van der Waals surface area contributed by atoms with Gasteiger partial charge in [0.2, 0.25) is 0 Å². The number of aromatic amines is 1. The minimum Gasteiger partial charge on any atom is -0.443 e. The number of rotatable bonds is 2. The lowest BCUT2D eigenvalue weighted by Gasteiger charge is -2.35. The van der Waals surface area contributed by atoms with E-state index in [0.29, 0.717) is 37.3 Å². The molecular formula is C18H23FN2O3. The molecule has 1 aromatic heterocycles. The fraction of sp³-hybridized carbons (Fsp3) is 0.500. The molecule has 6 heteroatoms. The molecule has 0 spiro atoms.